The summed E-state index contributed by atoms with van der Waals surface area (Å²) >= 11 is 0. The summed E-state index contributed by atoms with van der Waals surface area (Å²) in [5.74, 6) is 0.227. The molecular formula is C21H23F6N9O2. The molecular weight excluding hydrogens is 524 g/mol. The van der Waals surface area contributed by atoms with E-state index in [1.165, 1.54) is 0 Å². The van der Waals surface area contributed by atoms with Crippen LogP contribution in [0.2, 0.25) is 0 Å². The second-order valence-corrected chi connectivity index (χ2v) is 8.72. The van der Waals surface area contributed by atoms with Gasteiger partial charge < -0.3 is 15.0 Å². The van der Waals surface area contributed by atoms with E-state index in [0.717, 1.165) is 18.6 Å². The van der Waals surface area contributed by atoms with Gasteiger partial charge in [0.05, 0.1) is 42.9 Å². The van der Waals surface area contributed by atoms with Crippen molar-refractivity contribution in [3.8, 4) is 0 Å². The quantitative estimate of drug-likeness (QED) is 0.409. The summed E-state index contributed by atoms with van der Waals surface area (Å²) in [6.45, 7) is 2.70. The first-order chi connectivity index (χ1) is 17.9. The van der Waals surface area contributed by atoms with Gasteiger partial charge >= 0.3 is 12.4 Å². The molecule has 1 aliphatic heterocycles. The first-order valence-electron chi connectivity index (χ1n) is 11.5. The molecule has 4 heterocycles. The first-order valence-corrected chi connectivity index (χ1v) is 11.5. The van der Waals surface area contributed by atoms with Crippen molar-refractivity contribution >= 4 is 11.6 Å². The zero-order valence-electron chi connectivity index (χ0n) is 19.9. The van der Waals surface area contributed by atoms with Crippen LogP contribution >= 0.6 is 0 Å². The standard InChI is InChI=1S/C21H23F6N9O2/c1-12(31-16-8-30-33-18(37)17(16)21(25,26)27)10-38-11-14-9-36(34-32-14)15-2-4-35(5-3-15)19-28-6-13(7-29-19)20(22,23)24/h6-9,12,15H,2-5,10-11H2,1H3,(H2,31,33,37). The number of anilines is 2. The van der Waals surface area contributed by atoms with Gasteiger partial charge in [0.2, 0.25) is 5.95 Å². The molecule has 0 bridgehead atoms. The minimum Gasteiger partial charge on any atom is -0.378 e. The third kappa shape index (κ3) is 6.56. The van der Waals surface area contributed by atoms with Crippen LogP contribution in [0.5, 0.6) is 0 Å². The number of piperidine rings is 1. The van der Waals surface area contributed by atoms with Crippen LogP contribution in [0.4, 0.5) is 38.0 Å². The predicted octanol–water partition coefficient (Wildman–Crippen LogP) is 3.05. The molecule has 17 heteroatoms. The van der Waals surface area contributed by atoms with Crippen molar-refractivity contribution in [2.24, 2.45) is 0 Å². The summed E-state index contributed by atoms with van der Waals surface area (Å²) in [6, 6.07) is -0.571. The summed E-state index contributed by atoms with van der Waals surface area (Å²) in [5.41, 5.74) is -3.55. The maximum Gasteiger partial charge on any atom is 0.423 e. The lowest BCUT2D eigenvalue weighted by Gasteiger charge is -2.31. The van der Waals surface area contributed by atoms with E-state index in [9.17, 15) is 31.1 Å². The highest BCUT2D eigenvalue weighted by Gasteiger charge is 2.37. The number of nitrogens with zero attached hydrogens (tertiary/aromatic N) is 7. The van der Waals surface area contributed by atoms with Crippen LogP contribution in [0.25, 0.3) is 0 Å². The highest BCUT2D eigenvalue weighted by Crippen LogP contribution is 2.32. The van der Waals surface area contributed by atoms with Gasteiger partial charge in [-0.05, 0) is 19.8 Å². The number of alkyl halides is 6. The maximum absolute atomic E-state index is 13.2. The molecule has 0 spiro atoms. The van der Waals surface area contributed by atoms with Crippen LogP contribution in [0.15, 0.2) is 29.6 Å². The smallest absolute Gasteiger partial charge is 0.378 e. The Morgan fingerprint density at radius 1 is 1.11 bits per heavy atom. The van der Waals surface area contributed by atoms with E-state index >= 15 is 0 Å². The second-order valence-electron chi connectivity index (χ2n) is 8.72. The monoisotopic (exact) mass is 547 g/mol. The van der Waals surface area contributed by atoms with Crippen LogP contribution in [0.3, 0.4) is 0 Å². The van der Waals surface area contributed by atoms with Crippen LogP contribution in [-0.2, 0) is 23.7 Å². The minimum atomic E-state index is -4.85. The van der Waals surface area contributed by atoms with Gasteiger partial charge in [-0.2, -0.15) is 31.4 Å². The maximum atomic E-state index is 13.2. The Morgan fingerprint density at radius 2 is 1.79 bits per heavy atom. The topological polar surface area (TPSA) is 127 Å². The van der Waals surface area contributed by atoms with E-state index in [1.807, 2.05) is 0 Å². The normalized spacial score (nSPS) is 16.0. The SMILES string of the molecule is CC(COCc1cn(C2CCN(c3ncc(C(F)(F)F)cn3)CC2)nn1)Nc1cn[nH]c(=O)c1C(F)(F)F. The first kappa shape index (κ1) is 27.3. The summed E-state index contributed by atoms with van der Waals surface area (Å²) in [7, 11) is 0. The van der Waals surface area contributed by atoms with E-state index in [4.69, 9.17) is 4.74 Å². The fourth-order valence-corrected chi connectivity index (χ4v) is 3.96. The molecule has 0 saturated carbocycles. The Labute approximate surface area is 211 Å². The molecule has 1 unspecified atom stereocenters. The van der Waals surface area contributed by atoms with Gasteiger partial charge in [-0.3, -0.25) is 4.79 Å². The number of H-pyrrole nitrogens is 1. The van der Waals surface area contributed by atoms with Crippen molar-refractivity contribution in [1.29, 1.82) is 0 Å². The number of hydrogen-bond donors (Lipinski definition) is 2. The van der Waals surface area contributed by atoms with Crippen molar-refractivity contribution in [2.75, 3.05) is 29.9 Å². The van der Waals surface area contributed by atoms with Crippen molar-refractivity contribution in [2.45, 2.75) is 50.8 Å². The van der Waals surface area contributed by atoms with Crippen LogP contribution in [0, 0.1) is 0 Å². The lowest BCUT2D eigenvalue weighted by Crippen LogP contribution is -2.36. The van der Waals surface area contributed by atoms with Crippen molar-refractivity contribution < 1.29 is 31.1 Å². The molecule has 11 nitrogen and oxygen atoms in total. The average molecular weight is 547 g/mol. The largest absolute Gasteiger partial charge is 0.423 e. The fourth-order valence-electron chi connectivity index (χ4n) is 3.96. The van der Waals surface area contributed by atoms with Crippen LogP contribution < -0.4 is 15.8 Å². The molecule has 0 aromatic carbocycles. The number of hydrogen-bond acceptors (Lipinski definition) is 9. The molecule has 1 aliphatic rings. The van der Waals surface area contributed by atoms with Gasteiger partial charge in [0, 0.05) is 31.5 Å². The predicted molar refractivity (Wildman–Crippen MR) is 120 cm³/mol. The van der Waals surface area contributed by atoms with E-state index < -0.39 is 40.8 Å². The summed E-state index contributed by atoms with van der Waals surface area (Å²) < 4.78 is 84.8. The van der Waals surface area contributed by atoms with Crippen molar-refractivity contribution in [1.82, 2.24) is 35.2 Å². The molecule has 1 fully saturated rings. The molecule has 1 saturated heterocycles. The zero-order valence-corrected chi connectivity index (χ0v) is 19.9. The summed E-state index contributed by atoms with van der Waals surface area (Å²) in [4.78, 5) is 21.0. The van der Waals surface area contributed by atoms with Crippen molar-refractivity contribution in [3.05, 3.63) is 52.0 Å². The minimum absolute atomic E-state index is 0.00648. The molecule has 0 amide bonds. The lowest BCUT2D eigenvalue weighted by atomic mass is 10.1. The Bertz CT molecular complexity index is 1270. The van der Waals surface area contributed by atoms with Gasteiger partial charge in [0.1, 0.15) is 11.3 Å². The van der Waals surface area contributed by atoms with E-state index in [2.05, 4.69) is 30.7 Å². The number of aromatic nitrogens is 7. The molecule has 1 atom stereocenters. The van der Waals surface area contributed by atoms with Crippen LogP contribution in [-0.4, -0.2) is 60.9 Å². The Hall–Kier alpha value is -3.76. The van der Waals surface area contributed by atoms with Gasteiger partial charge in [0.15, 0.2) is 0 Å². The molecule has 3 aromatic rings. The zero-order chi connectivity index (χ0) is 27.5. The van der Waals surface area contributed by atoms with Crippen LogP contribution in [0.1, 0.15) is 42.6 Å². The third-order valence-corrected chi connectivity index (χ3v) is 5.80. The molecule has 38 heavy (non-hydrogen) atoms. The average Bonchev–Trinajstić information content (AvgIpc) is 3.32. The Morgan fingerprint density at radius 3 is 2.42 bits per heavy atom. The number of halogens is 6. The molecule has 0 aliphatic carbocycles. The van der Waals surface area contributed by atoms with Gasteiger partial charge in [0.25, 0.3) is 5.56 Å². The second kappa shape index (κ2) is 10.9. The number of nitrogens with one attached hydrogen (secondary N) is 2. The van der Waals surface area contributed by atoms with E-state index in [-0.39, 0.29) is 25.2 Å². The van der Waals surface area contributed by atoms with Gasteiger partial charge in [-0.15, -0.1) is 5.10 Å². The number of rotatable bonds is 8. The molecule has 3 aromatic heterocycles. The Balaban J connectivity index is 1.25. The molecule has 4 rings (SSSR count). The summed E-state index contributed by atoms with van der Waals surface area (Å²) in [5, 5.41) is 15.9. The van der Waals surface area contributed by atoms with Gasteiger partial charge in [-0.25, -0.2) is 19.7 Å². The third-order valence-electron chi connectivity index (χ3n) is 5.80. The molecule has 206 valence electrons. The highest BCUT2D eigenvalue weighted by atomic mass is 19.4. The highest BCUT2D eigenvalue weighted by molar-refractivity contribution is 5.50. The van der Waals surface area contributed by atoms with E-state index in [1.54, 1.807) is 27.8 Å². The molecule has 0 radical (unpaired) electrons. The molecule has 2 N–H and O–H groups in total. The number of ether oxygens (including phenoxy) is 1. The van der Waals surface area contributed by atoms with E-state index in [0.29, 0.717) is 31.6 Å². The summed E-state index contributed by atoms with van der Waals surface area (Å²) in [6.07, 6.45) is -3.94. The fraction of sp³-hybridized carbons (Fsp3) is 0.524. The lowest BCUT2D eigenvalue weighted by molar-refractivity contribution is -0.139. The van der Waals surface area contributed by atoms with Gasteiger partial charge in [-0.1, -0.05) is 5.21 Å². The number of aromatic amines is 1. The Kier molecular flexibility index (Phi) is 7.84. The van der Waals surface area contributed by atoms with Crippen molar-refractivity contribution in [3.63, 3.8) is 0 Å².